The molecule has 0 N–H and O–H groups in total. The topological polar surface area (TPSA) is 82.2 Å². The molecule has 7 nitrogen and oxygen atoms in total. The molecule has 8 heteroatoms. The van der Waals surface area contributed by atoms with Gasteiger partial charge < -0.3 is 9.80 Å². The number of carbonyl (C=O) groups is 1. The van der Waals surface area contributed by atoms with Crippen LogP contribution >= 0.6 is 11.3 Å². The number of anilines is 2. The molecular formula is C22H19N5O2S. The Morgan fingerprint density at radius 3 is 2.57 bits per heavy atom. The number of para-hydroxylation sites is 2. The third kappa shape index (κ3) is 2.59. The second-order valence-corrected chi connectivity index (χ2v) is 8.64. The number of rotatable bonds is 3. The lowest BCUT2D eigenvalue weighted by atomic mass is 10.1. The molecule has 2 aromatic heterocycles. The molecule has 0 atom stereocenters. The van der Waals surface area contributed by atoms with Crippen LogP contribution < -0.4 is 15.4 Å². The Labute approximate surface area is 177 Å². The first-order valence-corrected chi connectivity index (χ1v) is 10.6. The average molecular weight is 417 g/mol. The Morgan fingerprint density at radius 2 is 1.90 bits per heavy atom. The molecule has 3 aromatic rings. The quantitative estimate of drug-likeness (QED) is 0.481. The summed E-state index contributed by atoms with van der Waals surface area (Å²) >= 11 is 1.57. The van der Waals surface area contributed by atoms with E-state index in [0.29, 0.717) is 11.2 Å². The number of nitrogens with zero attached hydrogens (tertiary/aromatic N) is 5. The highest BCUT2D eigenvalue weighted by Crippen LogP contribution is 2.40. The fourth-order valence-electron chi connectivity index (χ4n) is 4.42. The van der Waals surface area contributed by atoms with Crippen molar-refractivity contribution >= 4 is 38.7 Å². The molecule has 0 amide bonds. The van der Waals surface area contributed by atoms with Gasteiger partial charge in [0.1, 0.15) is 22.3 Å². The van der Waals surface area contributed by atoms with Gasteiger partial charge in [-0.05, 0) is 37.0 Å². The van der Waals surface area contributed by atoms with E-state index in [-0.39, 0.29) is 17.7 Å². The fourth-order valence-corrected chi connectivity index (χ4v) is 5.64. The third-order valence-corrected chi connectivity index (χ3v) is 7.06. The zero-order valence-corrected chi connectivity index (χ0v) is 17.5. The maximum atomic E-state index is 13.1. The Kier molecular flexibility index (Phi) is 4.22. The van der Waals surface area contributed by atoms with E-state index >= 15 is 0 Å². The van der Waals surface area contributed by atoms with Crippen LogP contribution in [-0.2, 0) is 24.2 Å². The summed E-state index contributed by atoms with van der Waals surface area (Å²) in [5, 5.41) is 10.4. The molecule has 1 aromatic carbocycles. The third-order valence-electron chi connectivity index (χ3n) is 5.86. The summed E-state index contributed by atoms with van der Waals surface area (Å²) in [6.45, 7) is -0.211. The van der Waals surface area contributed by atoms with E-state index in [9.17, 15) is 14.9 Å². The SMILES string of the molecule is CN1C(=C(C#N)C(=O)Cn2cnc3sc4c(c3c2=O)CCC4)N(C)c2ccccc21. The lowest BCUT2D eigenvalue weighted by molar-refractivity contribution is -0.115. The molecule has 150 valence electrons. The highest BCUT2D eigenvalue weighted by atomic mass is 32.1. The second kappa shape index (κ2) is 6.82. The van der Waals surface area contributed by atoms with Gasteiger partial charge in [-0.3, -0.25) is 14.2 Å². The largest absolute Gasteiger partial charge is 0.328 e. The normalized spacial score (nSPS) is 14.8. The van der Waals surface area contributed by atoms with Crippen molar-refractivity contribution in [1.82, 2.24) is 9.55 Å². The zero-order chi connectivity index (χ0) is 21.0. The molecule has 30 heavy (non-hydrogen) atoms. The number of ketones is 1. The van der Waals surface area contributed by atoms with Crippen LogP contribution in [0.25, 0.3) is 10.2 Å². The van der Waals surface area contributed by atoms with Crippen molar-refractivity contribution in [3.05, 3.63) is 62.8 Å². The minimum atomic E-state index is -0.408. The Bertz CT molecular complexity index is 1310. The van der Waals surface area contributed by atoms with E-state index in [4.69, 9.17) is 0 Å². The summed E-state index contributed by atoms with van der Waals surface area (Å²) < 4.78 is 1.33. The molecule has 2 aliphatic rings. The van der Waals surface area contributed by atoms with Gasteiger partial charge in [-0.2, -0.15) is 5.26 Å². The summed E-state index contributed by atoms with van der Waals surface area (Å²) in [7, 11) is 3.66. The molecule has 0 radical (unpaired) electrons. The van der Waals surface area contributed by atoms with E-state index in [0.717, 1.165) is 41.0 Å². The molecular weight excluding hydrogens is 398 g/mol. The van der Waals surface area contributed by atoms with Crippen LogP contribution in [0.1, 0.15) is 16.9 Å². The molecule has 5 rings (SSSR count). The summed E-state index contributed by atoms with van der Waals surface area (Å²) in [6, 6.07) is 9.78. The van der Waals surface area contributed by atoms with E-state index in [1.54, 1.807) is 11.3 Å². The smallest absolute Gasteiger partial charge is 0.262 e. The molecule has 0 unspecified atom stereocenters. The Hall–Kier alpha value is -3.44. The highest BCUT2D eigenvalue weighted by Gasteiger charge is 2.31. The number of hydrogen-bond acceptors (Lipinski definition) is 7. The van der Waals surface area contributed by atoms with Gasteiger partial charge in [-0.1, -0.05) is 12.1 Å². The molecule has 0 saturated carbocycles. The first-order chi connectivity index (χ1) is 14.5. The van der Waals surface area contributed by atoms with Crippen LogP contribution in [0.2, 0.25) is 0 Å². The first kappa shape index (κ1) is 18.6. The summed E-state index contributed by atoms with van der Waals surface area (Å²) in [4.78, 5) is 36.2. The number of allylic oxidation sites excluding steroid dienone is 1. The molecule has 3 heterocycles. The molecule has 0 bridgehead atoms. The number of aryl methyl sites for hydroxylation is 2. The molecule has 1 aliphatic carbocycles. The number of carbonyl (C=O) groups excluding carboxylic acids is 1. The van der Waals surface area contributed by atoms with Gasteiger partial charge in [0.05, 0.1) is 29.6 Å². The van der Waals surface area contributed by atoms with Gasteiger partial charge in [0.15, 0.2) is 5.78 Å². The van der Waals surface area contributed by atoms with Crippen LogP contribution in [0.4, 0.5) is 11.4 Å². The van der Waals surface area contributed by atoms with Crippen molar-refractivity contribution in [2.75, 3.05) is 23.9 Å². The van der Waals surface area contributed by atoms with Crippen LogP contribution in [0, 0.1) is 11.3 Å². The van der Waals surface area contributed by atoms with Crippen LogP contribution in [0.15, 0.2) is 46.8 Å². The van der Waals surface area contributed by atoms with Crippen LogP contribution in [0.5, 0.6) is 0 Å². The van der Waals surface area contributed by atoms with E-state index in [2.05, 4.69) is 11.1 Å². The Balaban J connectivity index is 1.54. The number of nitriles is 1. The predicted octanol–water partition coefficient (Wildman–Crippen LogP) is 2.84. The van der Waals surface area contributed by atoms with Crippen LogP contribution in [0.3, 0.4) is 0 Å². The summed E-state index contributed by atoms with van der Waals surface area (Å²) in [5.74, 6) is 0.108. The minimum Gasteiger partial charge on any atom is -0.328 e. The average Bonchev–Trinajstić information content (AvgIpc) is 3.40. The minimum absolute atomic E-state index is 0.0266. The lowest BCUT2D eigenvalue weighted by Crippen LogP contribution is -2.30. The standard InChI is InChI=1S/C22H19N5O2S/c1-25-15-7-3-4-8-16(15)26(2)21(25)14(10-23)17(28)11-27-12-24-20-19(22(27)29)13-6-5-9-18(13)30-20/h3-4,7-8,12H,5-6,9,11H2,1-2H3. The number of fused-ring (bicyclic) bond motifs is 4. The lowest BCUT2D eigenvalue weighted by Gasteiger charge is -2.20. The maximum Gasteiger partial charge on any atom is 0.262 e. The van der Waals surface area contributed by atoms with E-state index in [1.165, 1.54) is 15.8 Å². The van der Waals surface area contributed by atoms with Gasteiger partial charge in [0.2, 0.25) is 0 Å². The van der Waals surface area contributed by atoms with Crippen molar-refractivity contribution in [1.29, 1.82) is 5.26 Å². The molecule has 0 fully saturated rings. The molecule has 0 saturated heterocycles. The number of benzene rings is 1. The van der Waals surface area contributed by atoms with Crippen molar-refractivity contribution < 1.29 is 4.79 Å². The van der Waals surface area contributed by atoms with Gasteiger partial charge in [-0.25, -0.2) is 4.98 Å². The molecule has 0 spiro atoms. The molecule has 1 aliphatic heterocycles. The van der Waals surface area contributed by atoms with Crippen molar-refractivity contribution in [3.63, 3.8) is 0 Å². The predicted molar refractivity (Wildman–Crippen MR) is 117 cm³/mol. The fraction of sp³-hybridized carbons (Fsp3) is 0.273. The number of aromatic nitrogens is 2. The van der Waals surface area contributed by atoms with E-state index < -0.39 is 5.78 Å². The monoisotopic (exact) mass is 417 g/mol. The second-order valence-electron chi connectivity index (χ2n) is 7.56. The van der Waals surface area contributed by atoms with Gasteiger partial charge in [-0.15, -0.1) is 11.3 Å². The van der Waals surface area contributed by atoms with Crippen molar-refractivity contribution in [2.45, 2.75) is 25.8 Å². The van der Waals surface area contributed by atoms with Crippen molar-refractivity contribution in [2.24, 2.45) is 0 Å². The Morgan fingerprint density at radius 1 is 1.20 bits per heavy atom. The highest BCUT2D eigenvalue weighted by molar-refractivity contribution is 7.18. The number of hydrogen-bond donors (Lipinski definition) is 0. The maximum absolute atomic E-state index is 13.1. The van der Waals surface area contributed by atoms with Crippen molar-refractivity contribution in [3.8, 4) is 6.07 Å². The number of thiophene rings is 1. The number of Topliss-reactive ketones (excluding diaryl/α,β-unsaturated/α-hetero) is 1. The van der Waals surface area contributed by atoms with Gasteiger partial charge >= 0.3 is 0 Å². The van der Waals surface area contributed by atoms with E-state index in [1.807, 2.05) is 48.2 Å². The van der Waals surface area contributed by atoms with Gasteiger partial charge in [0.25, 0.3) is 5.56 Å². The summed E-state index contributed by atoms with van der Waals surface area (Å²) in [5.41, 5.74) is 2.75. The van der Waals surface area contributed by atoms with Gasteiger partial charge in [0, 0.05) is 19.0 Å². The first-order valence-electron chi connectivity index (χ1n) is 9.75. The van der Waals surface area contributed by atoms with Crippen LogP contribution in [-0.4, -0.2) is 29.4 Å². The zero-order valence-electron chi connectivity index (χ0n) is 16.7. The summed E-state index contributed by atoms with van der Waals surface area (Å²) in [6.07, 6.45) is 4.34.